The van der Waals surface area contributed by atoms with Crippen molar-refractivity contribution in [1.29, 1.82) is 0 Å². The third-order valence-electron chi connectivity index (χ3n) is 5.04. The van der Waals surface area contributed by atoms with E-state index in [0.717, 1.165) is 63.9 Å². The molecule has 0 aliphatic carbocycles. The molecular weight excluding hydrogens is 475 g/mol. The molecule has 1 aromatic carbocycles. The standard InChI is InChI=1S/C22H32N6.HI/c1-23-22(26-18-21-10-5-6-11-24-21)25-12-7-13-27-14-16-28(17-15-27)19-20-8-3-2-4-9-20;/h2-6,8-11H,7,12-19H2,1H3,(H2,23,25,26);1H. The average Bonchev–Trinajstić information content (AvgIpc) is 2.76. The van der Waals surface area contributed by atoms with E-state index in [1.54, 1.807) is 7.05 Å². The molecule has 1 aliphatic rings. The minimum absolute atomic E-state index is 0. The first-order valence-corrected chi connectivity index (χ1v) is 10.2. The molecule has 6 nitrogen and oxygen atoms in total. The number of pyridine rings is 1. The van der Waals surface area contributed by atoms with Crippen molar-refractivity contribution in [3.05, 3.63) is 66.0 Å². The smallest absolute Gasteiger partial charge is 0.191 e. The third-order valence-corrected chi connectivity index (χ3v) is 5.04. The number of halogens is 1. The Labute approximate surface area is 191 Å². The number of aliphatic imine (C=N–C) groups is 1. The zero-order valence-corrected chi connectivity index (χ0v) is 19.6. The van der Waals surface area contributed by atoms with E-state index in [1.807, 2.05) is 24.4 Å². The Morgan fingerprint density at radius 2 is 1.69 bits per heavy atom. The van der Waals surface area contributed by atoms with Crippen molar-refractivity contribution in [2.75, 3.05) is 46.3 Å². The van der Waals surface area contributed by atoms with Gasteiger partial charge in [0.2, 0.25) is 0 Å². The van der Waals surface area contributed by atoms with Crippen LogP contribution in [0.1, 0.15) is 17.7 Å². The number of aromatic nitrogens is 1. The second-order valence-electron chi connectivity index (χ2n) is 7.13. The molecule has 158 valence electrons. The maximum atomic E-state index is 4.32. The summed E-state index contributed by atoms with van der Waals surface area (Å²) in [7, 11) is 1.81. The van der Waals surface area contributed by atoms with Crippen molar-refractivity contribution in [3.63, 3.8) is 0 Å². The summed E-state index contributed by atoms with van der Waals surface area (Å²) in [5.74, 6) is 0.832. The van der Waals surface area contributed by atoms with E-state index < -0.39 is 0 Å². The lowest BCUT2D eigenvalue weighted by Gasteiger charge is -2.34. The number of guanidine groups is 1. The molecule has 0 saturated carbocycles. The summed E-state index contributed by atoms with van der Waals surface area (Å²) in [5.41, 5.74) is 2.42. The molecule has 0 unspecified atom stereocenters. The molecule has 0 radical (unpaired) electrons. The van der Waals surface area contributed by atoms with Gasteiger partial charge in [0.25, 0.3) is 0 Å². The zero-order chi connectivity index (χ0) is 19.4. The number of benzene rings is 1. The molecule has 0 bridgehead atoms. The summed E-state index contributed by atoms with van der Waals surface area (Å²) in [6.45, 7) is 8.40. The fraction of sp³-hybridized carbons (Fsp3) is 0.455. The number of rotatable bonds is 8. The highest BCUT2D eigenvalue weighted by Crippen LogP contribution is 2.08. The Morgan fingerprint density at radius 3 is 2.38 bits per heavy atom. The van der Waals surface area contributed by atoms with Crippen LogP contribution in [0, 0.1) is 0 Å². The van der Waals surface area contributed by atoms with Gasteiger partial charge in [-0.1, -0.05) is 36.4 Å². The first kappa shape index (κ1) is 23.6. The van der Waals surface area contributed by atoms with Crippen LogP contribution in [0.4, 0.5) is 0 Å². The largest absolute Gasteiger partial charge is 0.356 e. The summed E-state index contributed by atoms with van der Waals surface area (Å²) >= 11 is 0. The van der Waals surface area contributed by atoms with Gasteiger partial charge in [0.05, 0.1) is 12.2 Å². The quantitative estimate of drug-likeness (QED) is 0.249. The van der Waals surface area contributed by atoms with Crippen LogP contribution in [0.25, 0.3) is 0 Å². The van der Waals surface area contributed by atoms with E-state index in [2.05, 4.69) is 60.7 Å². The molecule has 1 saturated heterocycles. The Morgan fingerprint density at radius 1 is 0.966 bits per heavy atom. The van der Waals surface area contributed by atoms with Gasteiger partial charge in [0.1, 0.15) is 0 Å². The van der Waals surface area contributed by atoms with Crippen LogP contribution < -0.4 is 10.6 Å². The van der Waals surface area contributed by atoms with Crippen LogP contribution in [0.2, 0.25) is 0 Å². The van der Waals surface area contributed by atoms with E-state index in [4.69, 9.17) is 0 Å². The van der Waals surface area contributed by atoms with Crippen LogP contribution in [-0.4, -0.2) is 67.1 Å². The second kappa shape index (κ2) is 13.5. The van der Waals surface area contributed by atoms with Crippen LogP contribution >= 0.6 is 24.0 Å². The molecule has 29 heavy (non-hydrogen) atoms. The van der Waals surface area contributed by atoms with Gasteiger partial charge in [0.15, 0.2) is 5.96 Å². The fourth-order valence-electron chi connectivity index (χ4n) is 3.42. The van der Waals surface area contributed by atoms with E-state index in [-0.39, 0.29) is 24.0 Å². The lowest BCUT2D eigenvalue weighted by molar-refractivity contribution is 0.126. The Hall–Kier alpha value is -1.71. The summed E-state index contributed by atoms with van der Waals surface area (Å²) < 4.78 is 0. The predicted octanol–water partition coefficient (Wildman–Crippen LogP) is 2.57. The van der Waals surface area contributed by atoms with Crippen molar-refractivity contribution in [3.8, 4) is 0 Å². The topological polar surface area (TPSA) is 55.8 Å². The fourth-order valence-corrected chi connectivity index (χ4v) is 3.42. The summed E-state index contributed by atoms with van der Waals surface area (Å²) in [6.07, 6.45) is 2.93. The molecule has 0 atom stereocenters. The van der Waals surface area contributed by atoms with E-state index >= 15 is 0 Å². The SMILES string of the molecule is CN=C(NCCCN1CCN(Cc2ccccc2)CC1)NCc1ccccn1.I. The molecule has 3 rings (SSSR count). The molecule has 2 heterocycles. The van der Waals surface area contributed by atoms with Crippen LogP contribution in [0.3, 0.4) is 0 Å². The highest BCUT2D eigenvalue weighted by atomic mass is 127. The lowest BCUT2D eigenvalue weighted by Crippen LogP contribution is -2.46. The van der Waals surface area contributed by atoms with Gasteiger partial charge in [-0.2, -0.15) is 0 Å². The Kier molecular flexibility index (Phi) is 11.0. The molecule has 0 amide bonds. The van der Waals surface area contributed by atoms with Crippen molar-refractivity contribution < 1.29 is 0 Å². The summed E-state index contributed by atoms with van der Waals surface area (Å²) in [6, 6.07) is 16.7. The van der Waals surface area contributed by atoms with Crippen molar-refractivity contribution in [2.45, 2.75) is 19.5 Å². The van der Waals surface area contributed by atoms with Gasteiger partial charge in [0, 0.05) is 52.5 Å². The van der Waals surface area contributed by atoms with Crippen LogP contribution in [0.5, 0.6) is 0 Å². The average molecular weight is 508 g/mol. The number of hydrogen-bond donors (Lipinski definition) is 2. The van der Waals surface area contributed by atoms with E-state index in [0.29, 0.717) is 6.54 Å². The first-order chi connectivity index (χ1) is 13.8. The van der Waals surface area contributed by atoms with Gasteiger partial charge in [-0.05, 0) is 30.7 Å². The predicted molar refractivity (Wildman–Crippen MR) is 131 cm³/mol. The van der Waals surface area contributed by atoms with Crippen molar-refractivity contribution in [1.82, 2.24) is 25.4 Å². The number of nitrogens with zero attached hydrogens (tertiary/aromatic N) is 4. The Balaban J connectivity index is 0.00000300. The van der Waals surface area contributed by atoms with Gasteiger partial charge in [-0.25, -0.2) is 0 Å². The number of hydrogen-bond acceptors (Lipinski definition) is 4. The van der Waals surface area contributed by atoms with Gasteiger partial charge in [-0.15, -0.1) is 24.0 Å². The molecule has 1 aromatic heterocycles. The van der Waals surface area contributed by atoms with E-state index in [1.165, 1.54) is 5.56 Å². The molecule has 1 fully saturated rings. The van der Waals surface area contributed by atoms with E-state index in [9.17, 15) is 0 Å². The summed E-state index contributed by atoms with van der Waals surface area (Å²) in [5, 5.41) is 6.70. The van der Waals surface area contributed by atoms with Crippen LogP contribution in [-0.2, 0) is 13.1 Å². The van der Waals surface area contributed by atoms with Crippen molar-refractivity contribution in [2.24, 2.45) is 4.99 Å². The zero-order valence-electron chi connectivity index (χ0n) is 17.3. The Bertz CT molecular complexity index is 702. The highest BCUT2D eigenvalue weighted by Gasteiger charge is 2.16. The molecular formula is C22H33IN6. The summed E-state index contributed by atoms with van der Waals surface area (Å²) in [4.78, 5) is 13.7. The van der Waals surface area contributed by atoms with Crippen LogP contribution in [0.15, 0.2) is 59.7 Å². The van der Waals surface area contributed by atoms with Crippen molar-refractivity contribution >= 4 is 29.9 Å². The first-order valence-electron chi connectivity index (χ1n) is 10.2. The molecule has 2 aromatic rings. The lowest BCUT2D eigenvalue weighted by atomic mass is 10.2. The van der Waals surface area contributed by atoms with Gasteiger partial charge >= 0.3 is 0 Å². The molecule has 0 spiro atoms. The molecule has 7 heteroatoms. The normalized spacial score (nSPS) is 15.6. The number of nitrogens with one attached hydrogen (secondary N) is 2. The number of piperazine rings is 1. The second-order valence-corrected chi connectivity index (χ2v) is 7.13. The molecule has 1 aliphatic heterocycles. The maximum Gasteiger partial charge on any atom is 0.191 e. The maximum absolute atomic E-state index is 4.32. The minimum atomic E-state index is 0. The van der Waals surface area contributed by atoms with Gasteiger partial charge < -0.3 is 15.5 Å². The third kappa shape index (κ3) is 8.67. The molecule has 2 N–H and O–H groups in total. The highest BCUT2D eigenvalue weighted by molar-refractivity contribution is 14.0. The van der Waals surface area contributed by atoms with Gasteiger partial charge in [-0.3, -0.25) is 14.9 Å². The monoisotopic (exact) mass is 508 g/mol. The minimum Gasteiger partial charge on any atom is -0.356 e.